The number of esters is 1. The van der Waals surface area contributed by atoms with Gasteiger partial charge in [0.15, 0.2) is 0 Å². The Morgan fingerprint density at radius 3 is 2.23 bits per heavy atom. The zero-order chi connectivity index (χ0) is 21.7. The third-order valence-corrected chi connectivity index (χ3v) is 5.54. The van der Waals surface area contributed by atoms with Gasteiger partial charge in [-0.25, -0.2) is 0 Å². The quantitative estimate of drug-likeness (QED) is 0.648. The van der Waals surface area contributed by atoms with Crippen LogP contribution >= 0.6 is 0 Å². The number of halogens is 3. The van der Waals surface area contributed by atoms with Crippen LogP contribution in [-0.4, -0.2) is 25.7 Å². The van der Waals surface area contributed by atoms with Crippen molar-refractivity contribution in [3.8, 4) is 5.75 Å². The predicted octanol–water partition coefficient (Wildman–Crippen LogP) is 5.24. The van der Waals surface area contributed by atoms with Crippen molar-refractivity contribution in [1.29, 1.82) is 0 Å². The van der Waals surface area contributed by atoms with Gasteiger partial charge in [0.05, 0.1) is 25.7 Å². The molecule has 2 aromatic rings. The van der Waals surface area contributed by atoms with E-state index in [2.05, 4.69) is 5.32 Å². The van der Waals surface area contributed by atoms with Gasteiger partial charge in [-0.15, -0.1) is 0 Å². The monoisotopic (exact) mass is 421 g/mol. The van der Waals surface area contributed by atoms with E-state index in [1.807, 2.05) is 24.3 Å². The highest BCUT2D eigenvalue weighted by molar-refractivity contribution is 5.70. The summed E-state index contributed by atoms with van der Waals surface area (Å²) in [7, 11) is 1.61. The number of methoxy groups -OCH3 is 1. The minimum absolute atomic E-state index is 0.0426. The summed E-state index contributed by atoms with van der Waals surface area (Å²) in [4.78, 5) is 12.2. The molecule has 0 spiro atoms. The lowest BCUT2D eigenvalue weighted by molar-refractivity contribution is -0.144. The first-order valence-corrected chi connectivity index (χ1v) is 10.0. The highest BCUT2D eigenvalue weighted by atomic mass is 19.4. The van der Waals surface area contributed by atoms with Crippen LogP contribution in [0.4, 0.5) is 13.2 Å². The SMILES string of the molecule is CCOC(=O)C[C@@H]1N[C@H](c2ccc(OC)cc2)CC[C@H]1c1ccc(C(F)(F)F)cc1. The average Bonchev–Trinajstić information content (AvgIpc) is 2.73. The molecule has 7 heteroatoms. The number of rotatable bonds is 6. The first kappa shape index (κ1) is 22.2. The molecule has 3 atom stereocenters. The highest BCUT2D eigenvalue weighted by Crippen LogP contribution is 2.38. The number of carbonyl (C=O) groups excluding carboxylic acids is 1. The Morgan fingerprint density at radius 2 is 1.67 bits per heavy atom. The van der Waals surface area contributed by atoms with Gasteiger partial charge in [0.1, 0.15) is 5.75 Å². The van der Waals surface area contributed by atoms with Crippen LogP contribution in [0.25, 0.3) is 0 Å². The Hall–Kier alpha value is -2.54. The van der Waals surface area contributed by atoms with E-state index < -0.39 is 11.7 Å². The van der Waals surface area contributed by atoms with Crippen LogP contribution in [-0.2, 0) is 15.7 Å². The first-order valence-electron chi connectivity index (χ1n) is 10.0. The molecular formula is C23H26F3NO3. The lowest BCUT2D eigenvalue weighted by atomic mass is 9.79. The fourth-order valence-corrected chi connectivity index (χ4v) is 4.02. The first-order chi connectivity index (χ1) is 14.3. The number of hydrogen-bond donors (Lipinski definition) is 1. The van der Waals surface area contributed by atoms with Crippen molar-refractivity contribution in [1.82, 2.24) is 5.32 Å². The topological polar surface area (TPSA) is 47.6 Å². The van der Waals surface area contributed by atoms with E-state index in [1.54, 1.807) is 14.0 Å². The largest absolute Gasteiger partial charge is 0.497 e. The van der Waals surface area contributed by atoms with Crippen molar-refractivity contribution in [3.63, 3.8) is 0 Å². The van der Waals surface area contributed by atoms with E-state index in [1.165, 1.54) is 12.1 Å². The fraction of sp³-hybridized carbons (Fsp3) is 0.435. The van der Waals surface area contributed by atoms with Gasteiger partial charge >= 0.3 is 12.1 Å². The lowest BCUT2D eigenvalue weighted by Gasteiger charge is -2.38. The van der Waals surface area contributed by atoms with Crippen molar-refractivity contribution in [3.05, 3.63) is 65.2 Å². The van der Waals surface area contributed by atoms with E-state index in [4.69, 9.17) is 9.47 Å². The third-order valence-electron chi connectivity index (χ3n) is 5.54. The van der Waals surface area contributed by atoms with Gasteiger partial charge in [-0.3, -0.25) is 4.79 Å². The molecule has 0 aliphatic carbocycles. The van der Waals surface area contributed by atoms with Crippen LogP contribution in [0.3, 0.4) is 0 Å². The molecule has 0 unspecified atom stereocenters. The zero-order valence-electron chi connectivity index (χ0n) is 17.0. The number of hydrogen-bond acceptors (Lipinski definition) is 4. The molecule has 1 heterocycles. The molecule has 4 nitrogen and oxygen atoms in total. The summed E-state index contributed by atoms with van der Waals surface area (Å²) in [5.74, 6) is 0.369. The summed E-state index contributed by atoms with van der Waals surface area (Å²) >= 11 is 0. The van der Waals surface area contributed by atoms with Crippen LogP contribution in [0.5, 0.6) is 5.75 Å². The smallest absolute Gasteiger partial charge is 0.416 e. The van der Waals surface area contributed by atoms with Crippen LogP contribution in [0.15, 0.2) is 48.5 Å². The minimum atomic E-state index is -4.37. The van der Waals surface area contributed by atoms with Gasteiger partial charge < -0.3 is 14.8 Å². The summed E-state index contributed by atoms with van der Waals surface area (Å²) in [6, 6.07) is 12.8. The van der Waals surface area contributed by atoms with Crippen molar-refractivity contribution >= 4 is 5.97 Å². The number of benzene rings is 2. The van der Waals surface area contributed by atoms with Crippen LogP contribution < -0.4 is 10.1 Å². The second kappa shape index (κ2) is 9.51. The van der Waals surface area contributed by atoms with Gasteiger partial charge in [-0.05, 0) is 61.1 Å². The van der Waals surface area contributed by atoms with Gasteiger partial charge in [0.25, 0.3) is 0 Å². The molecule has 2 aromatic carbocycles. The van der Waals surface area contributed by atoms with Gasteiger partial charge in [0.2, 0.25) is 0 Å². The lowest BCUT2D eigenvalue weighted by Crippen LogP contribution is -2.43. The van der Waals surface area contributed by atoms with E-state index in [0.717, 1.165) is 41.9 Å². The number of nitrogens with one attached hydrogen (secondary N) is 1. The summed E-state index contributed by atoms with van der Waals surface area (Å²) < 4.78 is 49.0. The molecule has 1 aliphatic rings. The summed E-state index contributed by atoms with van der Waals surface area (Å²) in [6.45, 7) is 2.04. The normalized spacial score (nSPS) is 21.8. The van der Waals surface area contributed by atoms with Crippen LogP contribution in [0.1, 0.15) is 54.8 Å². The second-order valence-corrected chi connectivity index (χ2v) is 7.41. The highest BCUT2D eigenvalue weighted by Gasteiger charge is 2.35. The van der Waals surface area contributed by atoms with Gasteiger partial charge in [-0.2, -0.15) is 13.2 Å². The van der Waals surface area contributed by atoms with Gasteiger partial charge in [-0.1, -0.05) is 24.3 Å². The van der Waals surface area contributed by atoms with E-state index in [-0.39, 0.29) is 30.4 Å². The maximum absolute atomic E-state index is 12.9. The van der Waals surface area contributed by atoms with Crippen molar-refractivity contribution < 1.29 is 27.4 Å². The molecule has 162 valence electrons. The molecule has 1 aliphatic heterocycles. The number of alkyl halides is 3. The molecule has 1 fully saturated rings. The maximum atomic E-state index is 12.9. The molecule has 0 bridgehead atoms. The average molecular weight is 421 g/mol. The number of carbonyl (C=O) groups is 1. The molecule has 0 aromatic heterocycles. The van der Waals surface area contributed by atoms with Crippen LogP contribution in [0.2, 0.25) is 0 Å². The Balaban J connectivity index is 1.80. The Bertz CT molecular complexity index is 834. The van der Waals surface area contributed by atoms with Gasteiger partial charge in [0, 0.05) is 12.1 Å². The zero-order valence-corrected chi connectivity index (χ0v) is 17.0. The van der Waals surface area contributed by atoms with E-state index in [9.17, 15) is 18.0 Å². The molecule has 3 rings (SSSR count). The second-order valence-electron chi connectivity index (χ2n) is 7.41. The number of piperidine rings is 1. The van der Waals surface area contributed by atoms with E-state index in [0.29, 0.717) is 6.61 Å². The summed E-state index contributed by atoms with van der Waals surface area (Å²) in [5.41, 5.74) is 1.20. The Morgan fingerprint density at radius 1 is 1.03 bits per heavy atom. The Kier molecular flexibility index (Phi) is 7.02. The predicted molar refractivity (Wildman–Crippen MR) is 107 cm³/mol. The van der Waals surface area contributed by atoms with E-state index >= 15 is 0 Å². The van der Waals surface area contributed by atoms with Crippen molar-refractivity contribution in [2.24, 2.45) is 0 Å². The molecule has 0 radical (unpaired) electrons. The minimum Gasteiger partial charge on any atom is -0.497 e. The standard InChI is InChI=1S/C23H26F3NO3/c1-3-30-22(28)14-21-19(15-4-8-17(9-5-15)23(24,25)26)12-13-20(27-21)16-6-10-18(29-2)11-7-16/h4-11,19-21,27H,3,12-14H2,1-2H3/t19-,20-,21-/m0/s1. The summed E-state index contributed by atoms with van der Waals surface area (Å²) in [5, 5.41) is 3.53. The Labute approximate surface area is 174 Å². The van der Waals surface area contributed by atoms with Crippen LogP contribution in [0, 0.1) is 0 Å². The van der Waals surface area contributed by atoms with Crippen molar-refractivity contribution in [2.45, 2.75) is 50.4 Å². The fourth-order valence-electron chi connectivity index (χ4n) is 4.02. The molecule has 0 saturated carbocycles. The molecule has 0 amide bonds. The van der Waals surface area contributed by atoms with Crippen molar-refractivity contribution in [2.75, 3.05) is 13.7 Å². The third kappa shape index (κ3) is 5.33. The number of ether oxygens (including phenoxy) is 2. The molecule has 1 N–H and O–H groups in total. The molecule has 1 saturated heterocycles. The maximum Gasteiger partial charge on any atom is 0.416 e. The molecule has 30 heavy (non-hydrogen) atoms. The molecular weight excluding hydrogens is 395 g/mol. The summed E-state index contributed by atoms with van der Waals surface area (Å²) in [6.07, 6.45) is -2.66.